The predicted molar refractivity (Wildman–Crippen MR) is 181 cm³/mol. The van der Waals surface area contributed by atoms with Gasteiger partial charge in [0.15, 0.2) is 0 Å². The summed E-state index contributed by atoms with van der Waals surface area (Å²) >= 11 is 0. The summed E-state index contributed by atoms with van der Waals surface area (Å²) in [5.41, 5.74) is 6.12. The Balaban J connectivity index is 1.51. The van der Waals surface area contributed by atoms with Crippen molar-refractivity contribution in [3.8, 4) is 16.9 Å². The highest BCUT2D eigenvalue weighted by Crippen LogP contribution is 2.49. The zero-order chi connectivity index (χ0) is 32.0. The van der Waals surface area contributed by atoms with E-state index in [-0.39, 0.29) is 43.4 Å². The zero-order valence-electron chi connectivity index (χ0n) is 27.1. The summed E-state index contributed by atoms with van der Waals surface area (Å²) in [6, 6.07) is 24.3. The fourth-order valence-corrected chi connectivity index (χ4v) is 7.81. The van der Waals surface area contributed by atoms with Crippen LogP contribution in [0.3, 0.4) is 0 Å². The summed E-state index contributed by atoms with van der Waals surface area (Å²) in [4.78, 5) is 17.5. The maximum absolute atomic E-state index is 13.2. The van der Waals surface area contributed by atoms with Crippen LogP contribution in [0.4, 0.5) is 4.79 Å². The predicted octanol–water partition coefficient (Wildman–Crippen LogP) is 9.66. The second kappa shape index (κ2) is 14.4. The van der Waals surface area contributed by atoms with Gasteiger partial charge in [0, 0.05) is 18.1 Å². The van der Waals surface area contributed by atoms with Gasteiger partial charge in [0.05, 0.1) is 19.4 Å². The van der Waals surface area contributed by atoms with Crippen LogP contribution in [0.15, 0.2) is 77.8 Å². The van der Waals surface area contributed by atoms with Crippen LogP contribution >= 0.6 is 7.60 Å². The SMILES string of the molecule is CCOP(=O)(CCC(Cc1ccc(O[Si](C)(C)C(C)(C)C)cc1)=NC(=O)OCC1c2ccccc2-c2ccccc21)OCC. The maximum atomic E-state index is 13.2. The topological polar surface area (TPSA) is 83.4 Å². The fourth-order valence-electron chi connectivity index (χ4n) is 5.12. The Hall–Kier alpha value is -3.03. The van der Waals surface area contributed by atoms with Gasteiger partial charge in [0.2, 0.25) is 8.32 Å². The molecule has 0 radical (unpaired) electrons. The first kappa shape index (κ1) is 33.9. The van der Waals surface area contributed by atoms with E-state index in [0.717, 1.165) is 33.6 Å². The molecule has 1 aliphatic carbocycles. The van der Waals surface area contributed by atoms with E-state index in [1.807, 2.05) is 48.5 Å². The number of hydrogen-bond acceptors (Lipinski definition) is 6. The van der Waals surface area contributed by atoms with E-state index in [1.165, 1.54) is 0 Å². The molecule has 0 aromatic heterocycles. The minimum Gasteiger partial charge on any atom is -0.544 e. The molecule has 0 fully saturated rings. The lowest BCUT2D eigenvalue weighted by molar-refractivity contribution is 0.154. The van der Waals surface area contributed by atoms with Crippen LogP contribution in [0.2, 0.25) is 18.1 Å². The molecule has 3 aromatic carbocycles. The summed E-state index contributed by atoms with van der Waals surface area (Å²) in [7, 11) is -5.30. The average molecular weight is 636 g/mol. The van der Waals surface area contributed by atoms with Crippen molar-refractivity contribution in [1.82, 2.24) is 0 Å². The van der Waals surface area contributed by atoms with Crippen molar-refractivity contribution in [3.63, 3.8) is 0 Å². The van der Waals surface area contributed by atoms with Crippen molar-refractivity contribution in [2.45, 2.75) is 71.5 Å². The second-order valence-corrected chi connectivity index (χ2v) is 19.5. The third-order valence-corrected chi connectivity index (χ3v) is 14.9. The Morgan fingerprint density at radius 3 is 1.93 bits per heavy atom. The molecule has 4 rings (SSSR count). The molecule has 0 N–H and O–H groups in total. The number of carbonyl (C=O) groups excluding carboxylic acids is 1. The van der Waals surface area contributed by atoms with Crippen molar-refractivity contribution in [2.75, 3.05) is 26.0 Å². The highest BCUT2D eigenvalue weighted by atomic mass is 31.2. The third kappa shape index (κ3) is 8.36. The van der Waals surface area contributed by atoms with Crippen LogP contribution in [0, 0.1) is 0 Å². The van der Waals surface area contributed by atoms with E-state index in [0.29, 0.717) is 12.1 Å². The molecule has 44 heavy (non-hydrogen) atoms. The minimum atomic E-state index is -3.32. The van der Waals surface area contributed by atoms with Crippen molar-refractivity contribution >= 4 is 27.7 Å². The van der Waals surface area contributed by atoms with Gasteiger partial charge in [-0.05, 0) is 78.4 Å². The lowest BCUT2D eigenvalue weighted by Gasteiger charge is -2.36. The van der Waals surface area contributed by atoms with E-state index < -0.39 is 22.0 Å². The summed E-state index contributed by atoms with van der Waals surface area (Å²) in [6.45, 7) is 15.4. The van der Waals surface area contributed by atoms with Gasteiger partial charge in [-0.3, -0.25) is 4.57 Å². The Bertz CT molecular complexity index is 1460. The van der Waals surface area contributed by atoms with Crippen LogP contribution in [-0.4, -0.2) is 46.1 Å². The molecule has 3 aromatic rings. The lowest BCUT2D eigenvalue weighted by atomic mass is 9.98. The van der Waals surface area contributed by atoms with Crippen LogP contribution in [0.5, 0.6) is 5.75 Å². The minimum absolute atomic E-state index is 0.0606. The van der Waals surface area contributed by atoms with E-state index in [2.05, 4.69) is 63.1 Å². The van der Waals surface area contributed by atoms with Gasteiger partial charge >= 0.3 is 13.7 Å². The number of hydrogen-bond donors (Lipinski definition) is 0. The van der Waals surface area contributed by atoms with Gasteiger partial charge < -0.3 is 18.2 Å². The van der Waals surface area contributed by atoms with Gasteiger partial charge in [0.25, 0.3) is 0 Å². The smallest absolute Gasteiger partial charge is 0.433 e. The molecule has 0 saturated carbocycles. The van der Waals surface area contributed by atoms with Gasteiger partial charge in [-0.15, -0.1) is 0 Å². The number of nitrogens with zero attached hydrogens (tertiary/aromatic N) is 1. The molecule has 236 valence electrons. The van der Waals surface area contributed by atoms with E-state index in [9.17, 15) is 9.36 Å². The van der Waals surface area contributed by atoms with E-state index in [4.69, 9.17) is 18.2 Å². The first-order chi connectivity index (χ1) is 20.9. The Kier molecular flexibility index (Phi) is 11.1. The van der Waals surface area contributed by atoms with E-state index >= 15 is 0 Å². The highest BCUT2D eigenvalue weighted by Gasteiger charge is 2.39. The van der Waals surface area contributed by atoms with Crippen LogP contribution in [-0.2, 0) is 24.8 Å². The standard InChI is InChI=1S/C35H46NO6PSi/c1-8-40-43(38,41-9-2)23-22-27(24-26-18-20-28(21-19-26)42-44(6,7)35(3,4)5)36-34(37)39-25-33-31-16-12-10-14-29(31)30-15-11-13-17-32(30)33/h10-21,33H,8-9,22-25H2,1-7H3. The monoisotopic (exact) mass is 635 g/mol. The molecule has 1 amide bonds. The van der Waals surface area contributed by atoms with Crippen LogP contribution < -0.4 is 4.43 Å². The summed E-state index contributed by atoms with van der Waals surface area (Å²) in [5, 5.41) is 0.0869. The lowest BCUT2D eigenvalue weighted by Crippen LogP contribution is -2.43. The molecule has 0 aliphatic heterocycles. The molecule has 7 nitrogen and oxygen atoms in total. The van der Waals surface area contributed by atoms with E-state index in [1.54, 1.807) is 13.8 Å². The molecule has 0 spiro atoms. The maximum Gasteiger partial charge on any atom is 0.433 e. The Morgan fingerprint density at radius 2 is 1.41 bits per heavy atom. The third-order valence-electron chi connectivity index (χ3n) is 8.42. The van der Waals surface area contributed by atoms with Gasteiger partial charge in [0.1, 0.15) is 12.4 Å². The molecule has 0 atom stereocenters. The molecular formula is C35H46NO6PSi. The summed E-state index contributed by atoms with van der Waals surface area (Å²) in [6.07, 6.45) is 0.117. The fraction of sp³-hybridized carbons (Fsp3) is 0.429. The summed E-state index contributed by atoms with van der Waals surface area (Å²) in [5.74, 6) is 0.766. The second-order valence-electron chi connectivity index (χ2n) is 12.6. The number of fused-ring (bicyclic) bond motifs is 3. The van der Waals surface area contributed by atoms with Crippen molar-refractivity contribution in [1.29, 1.82) is 0 Å². The molecule has 9 heteroatoms. The van der Waals surface area contributed by atoms with Crippen LogP contribution in [0.25, 0.3) is 11.1 Å². The van der Waals surface area contributed by atoms with Gasteiger partial charge in [-0.1, -0.05) is 81.4 Å². The number of carbonyl (C=O) groups is 1. The number of amides is 1. The highest BCUT2D eigenvalue weighted by molar-refractivity contribution is 7.53. The summed E-state index contributed by atoms with van der Waals surface area (Å²) < 4.78 is 36.4. The molecule has 0 unspecified atom stereocenters. The molecule has 0 saturated heterocycles. The quantitative estimate of drug-likeness (QED) is 0.106. The first-order valence-electron chi connectivity index (χ1n) is 15.4. The number of benzene rings is 3. The normalized spacial score (nSPS) is 13.8. The van der Waals surface area contributed by atoms with Gasteiger partial charge in [-0.2, -0.15) is 4.99 Å². The molecule has 0 bridgehead atoms. The molecular weight excluding hydrogens is 589 g/mol. The van der Waals surface area contributed by atoms with Crippen molar-refractivity contribution in [3.05, 3.63) is 89.5 Å². The van der Waals surface area contributed by atoms with Crippen molar-refractivity contribution < 1.29 is 27.6 Å². The Labute approximate surface area is 263 Å². The zero-order valence-corrected chi connectivity index (χ0v) is 29.0. The molecule has 0 heterocycles. The largest absolute Gasteiger partial charge is 0.544 e. The van der Waals surface area contributed by atoms with Crippen LogP contribution in [0.1, 0.15) is 63.6 Å². The number of aliphatic imine (C=N–C) groups is 1. The Morgan fingerprint density at radius 1 is 0.864 bits per heavy atom. The van der Waals surface area contributed by atoms with Gasteiger partial charge in [-0.25, -0.2) is 4.79 Å². The molecule has 1 aliphatic rings. The number of rotatable bonds is 13. The number of ether oxygens (including phenoxy) is 1. The first-order valence-corrected chi connectivity index (χ1v) is 20.1. The van der Waals surface area contributed by atoms with Crippen molar-refractivity contribution in [2.24, 2.45) is 4.99 Å². The average Bonchev–Trinajstić information content (AvgIpc) is 3.29.